The van der Waals surface area contributed by atoms with Crippen molar-refractivity contribution in [2.24, 2.45) is 5.41 Å². The van der Waals surface area contributed by atoms with Crippen LogP contribution in [0.15, 0.2) is 0 Å². The number of ether oxygens (including phenoxy) is 1. The van der Waals surface area contributed by atoms with Crippen LogP contribution in [0.4, 0.5) is 4.79 Å². The van der Waals surface area contributed by atoms with E-state index in [9.17, 15) is 4.79 Å². The van der Waals surface area contributed by atoms with Crippen LogP contribution in [0.5, 0.6) is 0 Å². The van der Waals surface area contributed by atoms with Crippen molar-refractivity contribution in [2.45, 2.75) is 91.7 Å². The van der Waals surface area contributed by atoms with E-state index in [2.05, 4.69) is 26.1 Å². The summed E-state index contributed by atoms with van der Waals surface area (Å²) in [6.45, 7) is 15.3. The van der Waals surface area contributed by atoms with Crippen molar-refractivity contribution in [2.75, 3.05) is 19.6 Å². The zero-order valence-electron chi connectivity index (χ0n) is 16.2. The number of carbonyl (C=O) groups excluding carboxylic acids is 1. The van der Waals surface area contributed by atoms with Gasteiger partial charge >= 0.3 is 6.09 Å². The fourth-order valence-electron chi connectivity index (χ4n) is 3.00. The van der Waals surface area contributed by atoms with Gasteiger partial charge in [0.15, 0.2) is 0 Å². The van der Waals surface area contributed by atoms with Gasteiger partial charge in [-0.15, -0.1) is 0 Å². The average Bonchev–Trinajstić information content (AvgIpc) is 2.44. The Morgan fingerprint density at radius 2 is 1.91 bits per heavy atom. The maximum Gasteiger partial charge on any atom is 0.410 e. The molecule has 23 heavy (non-hydrogen) atoms. The van der Waals surface area contributed by atoms with Gasteiger partial charge < -0.3 is 15.0 Å². The minimum absolute atomic E-state index is 0.175. The molecule has 0 saturated carbocycles. The first kappa shape index (κ1) is 20.3. The van der Waals surface area contributed by atoms with Gasteiger partial charge in [-0.3, -0.25) is 0 Å². The van der Waals surface area contributed by atoms with Crippen molar-refractivity contribution in [3.63, 3.8) is 0 Å². The van der Waals surface area contributed by atoms with Gasteiger partial charge in [-0.25, -0.2) is 4.79 Å². The lowest BCUT2D eigenvalue weighted by atomic mass is 9.86. The molecule has 0 spiro atoms. The Balaban J connectivity index is 2.39. The summed E-state index contributed by atoms with van der Waals surface area (Å²) in [4.78, 5) is 14.1. The van der Waals surface area contributed by atoms with Crippen LogP contribution in [-0.2, 0) is 4.74 Å². The zero-order valence-corrected chi connectivity index (χ0v) is 16.2. The van der Waals surface area contributed by atoms with Crippen LogP contribution in [-0.4, -0.2) is 42.3 Å². The fraction of sp³-hybridized carbons (Fsp3) is 0.947. The van der Waals surface area contributed by atoms with Gasteiger partial charge in [0.2, 0.25) is 0 Å². The number of nitrogens with one attached hydrogen (secondary N) is 1. The third-order valence-corrected chi connectivity index (χ3v) is 4.40. The Morgan fingerprint density at radius 1 is 1.22 bits per heavy atom. The summed E-state index contributed by atoms with van der Waals surface area (Å²) in [6.07, 6.45) is 7.18. The summed E-state index contributed by atoms with van der Waals surface area (Å²) in [6, 6.07) is 0.390. The van der Waals surface area contributed by atoms with Crippen LogP contribution >= 0.6 is 0 Å². The number of amides is 1. The van der Waals surface area contributed by atoms with Crippen LogP contribution in [0.2, 0.25) is 0 Å². The van der Waals surface area contributed by atoms with Gasteiger partial charge in [0, 0.05) is 25.7 Å². The Morgan fingerprint density at radius 3 is 2.52 bits per heavy atom. The van der Waals surface area contributed by atoms with Crippen LogP contribution < -0.4 is 5.32 Å². The third-order valence-electron chi connectivity index (χ3n) is 4.40. The lowest BCUT2D eigenvalue weighted by molar-refractivity contribution is 0.0184. The molecule has 4 nitrogen and oxygen atoms in total. The zero-order chi connectivity index (χ0) is 17.5. The van der Waals surface area contributed by atoms with Crippen molar-refractivity contribution < 1.29 is 9.53 Å². The molecule has 0 aromatic rings. The predicted octanol–water partition coefficient (Wildman–Crippen LogP) is 4.58. The monoisotopic (exact) mass is 326 g/mol. The van der Waals surface area contributed by atoms with Crippen LogP contribution in [0.1, 0.15) is 80.1 Å². The molecule has 1 aliphatic rings. The highest BCUT2D eigenvalue weighted by Crippen LogP contribution is 2.23. The second kappa shape index (κ2) is 8.91. The number of carbonyl (C=O) groups is 1. The molecule has 1 heterocycles. The molecule has 1 unspecified atom stereocenters. The second-order valence-electron chi connectivity index (χ2n) is 8.77. The number of unbranched alkanes of at least 4 members (excludes halogenated alkanes) is 2. The maximum absolute atomic E-state index is 12.2. The summed E-state index contributed by atoms with van der Waals surface area (Å²) >= 11 is 0. The van der Waals surface area contributed by atoms with E-state index in [0.29, 0.717) is 11.5 Å². The molecule has 1 N–H and O–H groups in total. The smallest absolute Gasteiger partial charge is 0.410 e. The molecular formula is C19H38N2O2. The topological polar surface area (TPSA) is 41.6 Å². The van der Waals surface area contributed by atoms with E-state index >= 15 is 0 Å². The lowest BCUT2D eigenvalue weighted by Gasteiger charge is -2.36. The molecule has 0 aromatic carbocycles. The average molecular weight is 327 g/mol. The summed E-state index contributed by atoms with van der Waals surface area (Å²) in [5, 5.41) is 3.69. The highest BCUT2D eigenvalue weighted by Gasteiger charge is 2.28. The van der Waals surface area contributed by atoms with Crippen LogP contribution in [0, 0.1) is 5.41 Å². The first-order chi connectivity index (χ1) is 10.6. The number of rotatable bonds is 7. The normalized spacial score (nSPS) is 19.7. The maximum atomic E-state index is 12.2. The summed E-state index contributed by atoms with van der Waals surface area (Å²) in [5.74, 6) is 0. The standard InChI is InChI=1S/C19H38N2O2/c1-7-8-9-12-19(5,6)15-20-16-11-10-13-21(14-16)17(22)23-18(2,3)4/h16,20H,7-15H2,1-6H3. The highest BCUT2D eigenvalue weighted by molar-refractivity contribution is 5.68. The van der Waals surface area contributed by atoms with E-state index in [1.165, 1.54) is 25.7 Å². The molecule has 0 bridgehead atoms. The van der Waals surface area contributed by atoms with Crippen LogP contribution in [0.3, 0.4) is 0 Å². The largest absolute Gasteiger partial charge is 0.444 e. The van der Waals surface area contributed by atoms with E-state index < -0.39 is 5.60 Å². The molecular weight excluding hydrogens is 288 g/mol. The van der Waals surface area contributed by atoms with E-state index in [4.69, 9.17) is 4.74 Å². The van der Waals surface area contributed by atoms with Gasteiger partial charge in [0.05, 0.1) is 0 Å². The van der Waals surface area contributed by atoms with Gasteiger partial charge in [0.25, 0.3) is 0 Å². The van der Waals surface area contributed by atoms with Crippen molar-refractivity contribution in [3.05, 3.63) is 0 Å². The molecule has 0 radical (unpaired) electrons. The molecule has 1 rings (SSSR count). The van der Waals surface area contributed by atoms with E-state index in [1.54, 1.807) is 0 Å². The van der Waals surface area contributed by atoms with Crippen LogP contribution in [0.25, 0.3) is 0 Å². The number of hydrogen-bond donors (Lipinski definition) is 1. The summed E-state index contributed by atoms with van der Waals surface area (Å²) in [7, 11) is 0. The van der Waals surface area contributed by atoms with Crippen molar-refractivity contribution in [1.29, 1.82) is 0 Å². The summed E-state index contributed by atoms with van der Waals surface area (Å²) in [5.41, 5.74) is -0.0951. The Kier molecular flexibility index (Phi) is 7.85. The van der Waals surface area contributed by atoms with Crippen molar-refractivity contribution in [1.82, 2.24) is 10.2 Å². The van der Waals surface area contributed by atoms with Crippen molar-refractivity contribution >= 4 is 6.09 Å². The Hall–Kier alpha value is -0.770. The molecule has 1 atom stereocenters. The Bertz CT molecular complexity index is 361. The minimum Gasteiger partial charge on any atom is -0.444 e. The van der Waals surface area contributed by atoms with Crippen molar-refractivity contribution in [3.8, 4) is 0 Å². The number of hydrogen-bond acceptors (Lipinski definition) is 3. The lowest BCUT2D eigenvalue weighted by Crippen LogP contribution is -2.50. The predicted molar refractivity (Wildman–Crippen MR) is 96.8 cm³/mol. The number of nitrogens with zero attached hydrogens (tertiary/aromatic N) is 1. The second-order valence-corrected chi connectivity index (χ2v) is 8.77. The van der Waals surface area contributed by atoms with Gasteiger partial charge in [-0.05, 0) is 45.4 Å². The van der Waals surface area contributed by atoms with E-state index in [-0.39, 0.29) is 6.09 Å². The molecule has 0 aromatic heterocycles. The van der Waals surface area contributed by atoms with Gasteiger partial charge in [-0.2, -0.15) is 0 Å². The quantitative estimate of drug-likeness (QED) is 0.696. The minimum atomic E-state index is -0.418. The first-order valence-electron chi connectivity index (χ1n) is 9.34. The molecule has 1 aliphatic heterocycles. The molecule has 1 amide bonds. The molecule has 0 aliphatic carbocycles. The number of likely N-dealkylation sites (tertiary alicyclic amines) is 1. The van der Waals surface area contributed by atoms with Gasteiger partial charge in [-0.1, -0.05) is 40.0 Å². The van der Waals surface area contributed by atoms with E-state index in [1.807, 2.05) is 25.7 Å². The SMILES string of the molecule is CCCCCC(C)(C)CNC1CCCN(C(=O)OC(C)(C)C)C1. The third kappa shape index (κ3) is 8.59. The van der Waals surface area contributed by atoms with Gasteiger partial charge in [0.1, 0.15) is 5.60 Å². The fourth-order valence-corrected chi connectivity index (χ4v) is 3.00. The molecule has 136 valence electrons. The Labute approximate surface area is 143 Å². The molecule has 4 heteroatoms. The number of piperidine rings is 1. The summed E-state index contributed by atoms with van der Waals surface area (Å²) < 4.78 is 5.50. The first-order valence-corrected chi connectivity index (χ1v) is 9.34. The highest BCUT2D eigenvalue weighted by atomic mass is 16.6. The molecule has 1 saturated heterocycles. The van der Waals surface area contributed by atoms with E-state index in [0.717, 1.165) is 32.5 Å². The molecule has 1 fully saturated rings.